The Balaban J connectivity index is 3.76. The number of hydrogen-bond acceptors (Lipinski definition) is 11. The Bertz CT molecular complexity index is 949. The van der Waals surface area contributed by atoms with E-state index in [1.165, 1.54) is 6.92 Å². The maximum absolute atomic E-state index is 11.9. The van der Waals surface area contributed by atoms with Crippen LogP contribution in [0, 0.1) is 0 Å². The molecule has 0 saturated heterocycles. The van der Waals surface area contributed by atoms with Crippen molar-refractivity contribution in [3.05, 3.63) is 17.7 Å². The molecule has 0 spiro atoms. The van der Waals surface area contributed by atoms with Gasteiger partial charge in [-0.05, 0) is 6.92 Å². The molecule has 14 heteroatoms. The highest BCUT2D eigenvalue weighted by atomic mass is 32.2. The topological polar surface area (TPSA) is 156 Å². The predicted molar refractivity (Wildman–Crippen MR) is 88.8 cm³/mol. The van der Waals surface area contributed by atoms with Gasteiger partial charge in [0, 0.05) is 12.1 Å². The van der Waals surface area contributed by atoms with Crippen LogP contribution < -0.4 is 12.5 Å². The van der Waals surface area contributed by atoms with Crippen molar-refractivity contribution in [3.8, 4) is 17.2 Å². The van der Waals surface area contributed by atoms with Crippen LogP contribution >= 0.6 is 0 Å². The summed E-state index contributed by atoms with van der Waals surface area (Å²) < 4.78 is 87.1. The van der Waals surface area contributed by atoms with E-state index >= 15 is 0 Å². The van der Waals surface area contributed by atoms with Crippen molar-refractivity contribution < 1.29 is 47.3 Å². The zero-order valence-corrected chi connectivity index (χ0v) is 16.5. The van der Waals surface area contributed by atoms with Crippen LogP contribution in [0.15, 0.2) is 12.1 Å². The first kappa shape index (κ1) is 22.0. The van der Waals surface area contributed by atoms with Gasteiger partial charge in [-0.3, -0.25) is 0 Å². The van der Waals surface area contributed by atoms with Gasteiger partial charge in [-0.1, -0.05) is 0 Å². The smallest absolute Gasteiger partial charge is 0.338 e. The monoisotopic (exact) mass is 432 g/mol. The molecule has 1 aromatic rings. The lowest BCUT2D eigenvalue weighted by Crippen LogP contribution is -2.15. The molecule has 0 N–H and O–H groups in total. The first-order chi connectivity index (χ1) is 11.6. The summed E-state index contributed by atoms with van der Waals surface area (Å²) in [5.74, 6) is -3.38. The van der Waals surface area contributed by atoms with Crippen molar-refractivity contribution in [1.82, 2.24) is 0 Å². The highest BCUT2D eigenvalue weighted by Crippen LogP contribution is 2.41. The van der Waals surface area contributed by atoms with Crippen LogP contribution in [-0.2, 0) is 35.1 Å². The van der Waals surface area contributed by atoms with E-state index in [1.807, 2.05) is 0 Å². The van der Waals surface area contributed by atoms with Crippen LogP contribution in [0.25, 0.3) is 0 Å². The molecule has 0 amide bonds. The van der Waals surface area contributed by atoms with Crippen molar-refractivity contribution >= 4 is 36.3 Å². The number of carbonyl (C=O) groups is 1. The number of esters is 1. The molecule has 0 aromatic heterocycles. The first-order valence-electron chi connectivity index (χ1n) is 6.65. The summed E-state index contributed by atoms with van der Waals surface area (Å²) in [7, 11) is -12.6. The second kappa shape index (κ2) is 7.67. The fourth-order valence-corrected chi connectivity index (χ4v) is 2.96. The zero-order chi connectivity index (χ0) is 20.3. The van der Waals surface area contributed by atoms with E-state index < -0.39 is 53.6 Å². The summed E-state index contributed by atoms with van der Waals surface area (Å²) in [6, 6.07) is 1.63. The number of ether oxygens (including phenoxy) is 1. The van der Waals surface area contributed by atoms with E-state index in [9.17, 15) is 30.0 Å². The lowest BCUT2D eigenvalue weighted by atomic mass is 10.2. The van der Waals surface area contributed by atoms with E-state index in [4.69, 9.17) is 4.74 Å². The van der Waals surface area contributed by atoms with Crippen LogP contribution in [0.2, 0.25) is 0 Å². The average Bonchev–Trinajstić information content (AvgIpc) is 2.37. The third-order valence-electron chi connectivity index (χ3n) is 2.25. The summed E-state index contributed by atoms with van der Waals surface area (Å²) in [5.41, 5.74) is -0.356. The summed E-state index contributed by atoms with van der Waals surface area (Å²) in [6.07, 6.45) is 1.91. The maximum atomic E-state index is 11.9. The molecule has 0 saturated carbocycles. The zero-order valence-electron chi connectivity index (χ0n) is 14.1. The molecule has 0 fully saturated rings. The van der Waals surface area contributed by atoms with Gasteiger partial charge in [0.1, 0.15) is 0 Å². The van der Waals surface area contributed by atoms with E-state index in [-0.39, 0.29) is 12.2 Å². The van der Waals surface area contributed by atoms with Gasteiger partial charge in [0.25, 0.3) is 0 Å². The Morgan fingerprint density at radius 2 is 1.19 bits per heavy atom. The number of hydrogen-bond donors (Lipinski definition) is 0. The minimum absolute atomic E-state index is 0.0367. The minimum Gasteiger partial charge on any atom is -0.462 e. The molecule has 0 atom stereocenters. The third kappa shape index (κ3) is 7.45. The summed E-state index contributed by atoms with van der Waals surface area (Å²) in [6.45, 7) is 1.46. The Labute approximate surface area is 151 Å². The van der Waals surface area contributed by atoms with Gasteiger partial charge >= 0.3 is 36.3 Å². The van der Waals surface area contributed by atoms with Crippen LogP contribution in [0.5, 0.6) is 17.2 Å². The number of rotatable bonds is 8. The van der Waals surface area contributed by atoms with Gasteiger partial charge in [-0.2, -0.15) is 25.3 Å². The Hall–Kier alpha value is -2.06. The standard InChI is InChI=1S/C12H16O11S3/c1-5-20-12(13)8-6-9(21-24(2,14)15)11(23-26(4,18)19)10(7-8)22-25(3,16)17/h6-7H,5H2,1-4H3. The molecule has 1 rings (SSSR count). The van der Waals surface area contributed by atoms with Crippen molar-refractivity contribution in [2.24, 2.45) is 0 Å². The van der Waals surface area contributed by atoms with Gasteiger partial charge in [0.2, 0.25) is 5.75 Å². The van der Waals surface area contributed by atoms with E-state index in [0.29, 0.717) is 18.8 Å². The van der Waals surface area contributed by atoms with Crippen molar-refractivity contribution in [2.45, 2.75) is 6.92 Å². The molecule has 0 bridgehead atoms. The summed E-state index contributed by atoms with van der Waals surface area (Å²) >= 11 is 0. The molecule has 0 radical (unpaired) electrons. The second-order valence-electron chi connectivity index (χ2n) is 4.88. The lowest BCUT2D eigenvalue weighted by molar-refractivity contribution is 0.0525. The van der Waals surface area contributed by atoms with Gasteiger partial charge in [0.05, 0.1) is 30.9 Å². The van der Waals surface area contributed by atoms with Crippen LogP contribution in [0.3, 0.4) is 0 Å². The average molecular weight is 432 g/mol. The van der Waals surface area contributed by atoms with E-state index in [2.05, 4.69) is 12.5 Å². The highest BCUT2D eigenvalue weighted by Gasteiger charge is 2.26. The van der Waals surface area contributed by atoms with Crippen LogP contribution in [-0.4, -0.2) is 56.6 Å². The Kier molecular flexibility index (Phi) is 6.49. The number of benzene rings is 1. The summed E-state index contributed by atoms with van der Waals surface area (Å²) in [5, 5.41) is 0. The van der Waals surface area contributed by atoms with Crippen LogP contribution in [0.4, 0.5) is 0 Å². The summed E-state index contributed by atoms with van der Waals surface area (Å²) in [4.78, 5) is 11.9. The van der Waals surface area contributed by atoms with Crippen molar-refractivity contribution in [1.29, 1.82) is 0 Å². The quantitative estimate of drug-likeness (QED) is 0.398. The van der Waals surface area contributed by atoms with Gasteiger partial charge in [0.15, 0.2) is 11.5 Å². The SMILES string of the molecule is CCOC(=O)c1cc(OS(C)(=O)=O)c(OS(C)(=O)=O)c(OS(C)(=O)=O)c1. The normalized spacial score (nSPS) is 12.3. The van der Waals surface area contributed by atoms with E-state index in [0.717, 1.165) is 12.1 Å². The first-order valence-corrected chi connectivity index (χ1v) is 12.1. The third-order valence-corrected chi connectivity index (χ3v) is 3.68. The molecule has 26 heavy (non-hydrogen) atoms. The highest BCUT2D eigenvalue weighted by molar-refractivity contribution is 7.87. The lowest BCUT2D eigenvalue weighted by Gasteiger charge is -2.15. The molecular weight excluding hydrogens is 416 g/mol. The fourth-order valence-electron chi connectivity index (χ4n) is 1.59. The number of carbonyl (C=O) groups excluding carboxylic acids is 1. The van der Waals surface area contributed by atoms with E-state index in [1.54, 1.807) is 0 Å². The second-order valence-corrected chi connectivity index (χ2v) is 9.61. The van der Waals surface area contributed by atoms with Crippen LogP contribution in [0.1, 0.15) is 17.3 Å². The molecule has 11 nitrogen and oxygen atoms in total. The molecule has 0 unspecified atom stereocenters. The van der Waals surface area contributed by atoms with Crippen molar-refractivity contribution in [2.75, 3.05) is 25.4 Å². The molecule has 148 valence electrons. The van der Waals surface area contributed by atoms with Gasteiger partial charge < -0.3 is 17.3 Å². The Morgan fingerprint density at radius 3 is 1.50 bits per heavy atom. The minimum atomic E-state index is -4.24. The Morgan fingerprint density at radius 1 is 0.808 bits per heavy atom. The molecule has 0 aliphatic rings. The molecule has 0 aliphatic carbocycles. The van der Waals surface area contributed by atoms with Crippen molar-refractivity contribution in [3.63, 3.8) is 0 Å². The molecule has 0 aliphatic heterocycles. The van der Waals surface area contributed by atoms with Gasteiger partial charge in [-0.25, -0.2) is 4.79 Å². The molecule has 0 heterocycles. The molecular formula is C12H16O11S3. The maximum Gasteiger partial charge on any atom is 0.338 e. The largest absolute Gasteiger partial charge is 0.462 e. The molecule has 1 aromatic carbocycles. The van der Waals surface area contributed by atoms with Gasteiger partial charge in [-0.15, -0.1) is 0 Å². The predicted octanol–water partition coefficient (Wildman–Crippen LogP) is -0.121. The fraction of sp³-hybridized carbons (Fsp3) is 0.417.